The fourth-order valence-corrected chi connectivity index (χ4v) is 5.08. The second-order valence-corrected chi connectivity index (χ2v) is 11.4. The molecule has 8 nitrogen and oxygen atoms in total. The van der Waals surface area contributed by atoms with Gasteiger partial charge < -0.3 is 15.0 Å². The predicted octanol–water partition coefficient (Wildman–Crippen LogP) is 4.49. The first-order valence-corrected chi connectivity index (χ1v) is 14.1. The Hall–Kier alpha value is -2.49. The van der Waals surface area contributed by atoms with Crippen molar-refractivity contribution in [3.8, 4) is 5.75 Å². The highest BCUT2D eigenvalue weighted by Gasteiger charge is 2.28. The van der Waals surface area contributed by atoms with Gasteiger partial charge in [-0.05, 0) is 63.6 Å². The molecule has 2 aromatic rings. The minimum Gasteiger partial charge on any atom is -0.497 e. The number of benzene rings is 2. The Morgan fingerprint density at radius 1 is 1.03 bits per heavy atom. The first-order valence-electron chi connectivity index (χ1n) is 11.5. The molecule has 0 aliphatic rings. The number of nitrogens with zero attached hydrogens (tertiary/aromatic N) is 2. The van der Waals surface area contributed by atoms with Crippen molar-refractivity contribution >= 4 is 50.7 Å². The van der Waals surface area contributed by atoms with E-state index >= 15 is 0 Å². The van der Waals surface area contributed by atoms with Crippen molar-refractivity contribution in [1.82, 2.24) is 10.2 Å². The van der Waals surface area contributed by atoms with E-state index in [0.29, 0.717) is 27.0 Å². The van der Waals surface area contributed by atoms with Gasteiger partial charge in [0.2, 0.25) is 21.8 Å². The second-order valence-electron chi connectivity index (χ2n) is 8.70. The number of hydrogen-bond donors (Lipinski definition) is 1. The lowest BCUT2D eigenvalue weighted by Crippen LogP contribution is -2.49. The van der Waals surface area contributed by atoms with E-state index in [1.807, 2.05) is 13.8 Å². The third kappa shape index (κ3) is 8.28. The zero-order chi connectivity index (χ0) is 27.0. The van der Waals surface area contributed by atoms with Crippen LogP contribution in [-0.2, 0) is 26.2 Å². The number of hydrogen-bond acceptors (Lipinski definition) is 5. The molecule has 0 bridgehead atoms. The van der Waals surface area contributed by atoms with Gasteiger partial charge in [-0.25, -0.2) is 8.42 Å². The molecule has 1 atom stereocenters. The molecular weight excluding hydrogens is 525 g/mol. The highest BCUT2D eigenvalue weighted by molar-refractivity contribution is 7.92. The van der Waals surface area contributed by atoms with E-state index in [-0.39, 0.29) is 43.8 Å². The number of nitrogens with one attached hydrogen (secondary N) is 1. The molecule has 0 unspecified atom stereocenters. The summed E-state index contributed by atoms with van der Waals surface area (Å²) < 4.78 is 31.2. The number of carbonyl (C=O) groups is 2. The summed E-state index contributed by atoms with van der Waals surface area (Å²) in [7, 11) is -2.06. The van der Waals surface area contributed by atoms with Crippen LogP contribution in [0.1, 0.15) is 39.2 Å². The van der Waals surface area contributed by atoms with Crippen LogP contribution in [0.4, 0.5) is 5.69 Å². The summed E-state index contributed by atoms with van der Waals surface area (Å²) >= 11 is 12.7. The number of methoxy groups -OCH3 is 1. The minimum absolute atomic E-state index is 0.0174. The van der Waals surface area contributed by atoms with E-state index in [9.17, 15) is 18.0 Å². The lowest BCUT2D eigenvalue weighted by atomic mass is 10.1. The molecule has 0 saturated carbocycles. The van der Waals surface area contributed by atoms with Crippen LogP contribution in [0.2, 0.25) is 10.0 Å². The molecule has 198 valence electrons. The average molecular weight is 559 g/mol. The molecule has 0 saturated heterocycles. The number of amides is 2. The summed E-state index contributed by atoms with van der Waals surface area (Å²) in [6.45, 7) is 5.43. The van der Waals surface area contributed by atoms with Crippen molar-refractivity contribution in [2.45, 2.75) is 52.2 Å². The molecule has 2 amide bonds. The van der Waals surface area contributed by atoms with Crippen molar-refractivity contribution in [1.29, 1.82) is 0 Å². The number of carbonyl (C=O) groups excluding carboxylic acids is 2. The number of anilines is 1. The van der Waals surface area contributed by atoms with E-state index in [0.717, 1.165) is 6.26 Å². The zero-order valence-electron chi connectivity index (χ0n) is 21.1. The summed E-state index contributed by atoms with van der Waals surface area (Å²) in [6, 6.07) is 10.8. The van der Waals surface area contributed by atoms with Gasteiger partial charge in [0, 0.05) is 41.2 Å². The third-order valence-electron chi connectivity index (χ3n) is 5.50. The molecule has 0 fully saturated rings. The van der Waals surface area contributed by atoms with Gasteiger partial charge in [0.25, 0.3) is 0 Å². The first-order chi connectivity index (χ1) is 16.8. The third-order valence-corrected chi connectivity index (χ3v) is 7.40. The number of ether oxygens (including phenoxy) is 1. The maximum absolute atomic E-state index is 13.3. The first kappa shape index (κ1) is 29.7. The minimum atomic E-state index is -3.59. The summed E-state index contributed by atoms with van der Waals surface area (Å²) in [6.07, 6.45) is 1.37. The van der Waals surface area contributed by atoms with Crippen molar-refractivity contribution in [3.05, 3.63) is 58.1 Å². The highest BCUT2D eigenvalue weighted by atomic mass is 35.5. The van der Waals surface area contributed by atoms with E-state index in [2.05, 4.69) is 5.32 Å². The van der Waals surface area contributed by atoms with Crippen LogP contribution in [0, 0.1) is 0 Å². The van der Waals surface area contributed by atoms with Crippen LogP contribution in [0.25, 0.3) is 0 Å². The fraction of sp³-hybridized carbons (Fsp3) is 0.440. The van der Waals surface area contributed by atoms with Crippen molar-refractivity contribution in [3.63, 3.8) is 0 Å². The van der Waals surface area contributed by atoms with E-state index < -0.39 is 16.1 Å². The van der Waals surface area contributed by atoms with E-state index in [4.69, 9.17) is 27.9 Å². The van der Waals surface area contributed by atoms with Gasteiger partial charge in [-0.2, -0.15) is 0 Å². The summed E-state index contributed by atoms with van der Waals surface area (Å²) in [5.74, 6) is -0.0250. The van der Waals surface area contributed by atoms with Gasteiger partial charge in [-0.15, -0.1) is 0 Å². The van der Waals surface area contributed by atoms with Gasteiger partial charge in [0.15, 0.2) is 0 Å². The maximum atomic E-state index is 13.3. The van der Waals surface area contributed by atoms with Gasteiger partial charge >= 0.3 is 0 Å². The molecule has 2 rings (SSSR count). The molecule has 2 aromatic carbocycles. The molecule has 0 spiro atoms. The Bertz CT molecular complexity index is 1140. The van der Waals surface area contributed by atoms with Crippen molar-refractivity contribution < 1.29 is 22.7 Å². The molecule has 0 aliphatic heterocycles. The number of rotatable bonds is 12. The van der Waals surface area contributed by atoms with Gasteiger partial charge in [-0.3, -0.25) is 13.9 Å². The maximum Gasteiger partial charge on any atom is 0.242 e. The molecule has 36 heavy (non-hydrogen) atoms. The van der Waals surface area contributed by atoms with Crippen molar-refractivity contribution in [2.75, 3.05) is 24.2 Å². The molecular formula is C25H33Cl2N3O5S. The Morgan fingerprint density at radius 2 is 1.61 bits per heavy atom. The topological polar surface area (TPSA) is 96.0 Å². The van der Waals surface area contributed by atoms with Crippen LogP contribution in [0.3, 0.4) is 0 Å². The smallest absolute Gasteiger partial charge is 0.242 e. The fourth-order valence-electron chi connectivity index (χ4n) is 3.59. The highest BCUT2D eigenvalue weighted by Crippen LogP contribution is 2.27. The average Bonchev–Trinajstić information content (AvgIpc) is 2.80. The van der Waals surface area contributed by atoms with Crippen LogP contribution >= 0.6 is 23.2 Å². The molecule has 0 radical (unpaired) electrons. The lowest BCUT2D eigenvalue weighted by molar-refractivity contribution is -0.140. The van der Waals surface area contributed by atoms with Crippen LogP contribution in [0.5, 0.6) is 5.75 Å². The molecule has 0 heterocycles. The van der Waals surface area contributed by atoms with Crippen LogP contribution in [-0.4, -0.2) is 57.1 Å². The number of halogens is 2. The normalized spacial score (nSPS) is 12.2. The Kier molecular flexibility index (Phi) is 10.9. The van der Waals surface area contributed by atoms with E-state index in [1.165, 1.54) is 16.3 Å². The molecule has 11 heteroatoms. The Morgan fingerprint density at radius 3 is 2.11 bits per heavy atom. The van der Waals surface area contributed by atoms with Crippen LogP contribution in [0.15, 0.2) is 42.5 Å². The monoisotopic (exact) mass is 557 g/mol. The summed E-state index contributed by atoms with van der Waals surface area (Å²) in [4.78, 5) is 27.5. The quantitative estimate of drug-likeness (QED) is 0.414. The van der Waals surface area contributed by atoms with Crippen LogP contribution < -0.4 is 14.4 Å². The molecule has 1 N–H and O–H groups in total. The lowest BCUT2D eigenvalue weighted by Gasteiger charge is -2.30. The second kappa shape index (κ2) is 13.2. The zero-order valence-corrected chi connectivity index (χ0v) is 23.5. The SMILES string of the molecule is COc1ccc(N(CCCC(=O)N(Cc2c(Cl)cccc2Cl)[C@H](C)C(=O)NC(C)C)S(C)(=O)=O)cc1. The summed E-state index contributed by atoms with van der Waals surface area (Å²) in [5, 5.41) is 3.60. The van der Waals surface area contributed by atoms with Gasteiger partial charge in [-0.1, -0.05) is 29.3 Å². The standard InChI is InChI=1S/C25H33Cl2N3O5S/c1-17(2)28-25(32)18(3)29(16-21-22(26)8-6-9-23(21)27)24(31)10-7-15-30(36(5,33)34)19-11-13-20(35-4)14-12-19/h6,8-9,11-14,17-18H,7,10,15-16H2,1-5H3,(H,28,32)/t18-/m1/s1. The predicted molar refractivity (Wildman–Crippen MR) is 144 cm³/mol. The van der Waals surface area contributed by atoms with Gasteiger partial charge in [0.05, 0.1) is 19.1 Å². The van der Waals surface area contributed by atoms with Gasteiger partial charge in [0.1, 0.15) is 11.8 Å². The Balaban J connectivity index is 2.21. The number of sulfonamides is 1. The van der Waals surface area contributed by atoms with E-state index in [1.54, 1.807) is 49.4 Å². The van der Waals surface area contributed by atoms with Crippen molar-refractivity contribution in [2.24, 2.45) is 0 Å². The largest absolute Gasteiger partial charge is 0.497 e. The molecule has 0 aliphatic carbocycles. The molecule has 0 aromatic heterocycles. The summed E-state index contributed by atoms with van der Waals surface area (Å²) in [5.41, 5.74) is 1.00. The Labute approximate surface area is 223 Å².